The van der Waals surface area contributed by atoms with Gasteiger partial charge in [0.2, 0.25) is 0 Å². The van der Waals surface area contributed by atoms with Gasteiger partial charge in [0.05, 0.1) is 11.5 Å². The summed E-state index contributed by atoms with van der Waals surface area (Å²) in [7, 11) is -3.64. The molecule has 0 radical (unpaired) electrons. The van der Waals surface area contributed by atoms with E-state index in [1.54, 1.807) is 26.0 Å². The number of nitrogens with zero attached hydrogens (tertiary/aromatic N) is 1. The number of rotatable bonds is 5. The highest BCUT2D eigenvalue weighted by Crippen LogP contribution is 2.11. The molecule has 0 heterocycles. The van der Waals surface area contributed by atoms with Gasteiger partial charge < -0.3 is 5.11 Å². The van der Waals surface area contributed by atoms with Crippen molar-refractivity contribution in [1.29, 1.82) is 0 Å². The van der Waals surface area contributed by atoms with Crippen LogP contribution in [0.2, 0.25) is 0 Å². The first-order chi connectivity index (χ1) is 8.27. The van der Waals surface area contributed by atoms with E-state index in [4.69, 9.17) is 5.11 Å². The molecule has 5 nitrogen and oxygen atoms in total. The van der Waals surface area contributed by atoms with Crippen molar-refractivity contribution in [1.82, 2.24) is 4.83 Å². The molecule has 18 heavy (non-hydrogen) atoms. The second kappa shape index (κ2) is 5.49. The number of hydrogen-bond donors (Lipinski definition) is 2. The van der Waals surface area contributed by atoms with Crippen molar-refractivity contribution in [3.05, 3.63) is 29.8 Å². The molecule has 100 valence electrons. The zero-order valence-electron chi connectivity index (χ0n) is 10.7. The smallest absolute Gasteiger partial charge is 0.276 e. The molecular formula is C12H18N2O3S. The maximum Gasteiger partial charge on any atom is 0.276 e. The quantitative estimate of drug-likeness (QED) is 0.625. The lowest BCUT2D eigenvalue weighted by atomic mass is 9.97. The molecule has 0 bridgehead atoms. The predicted molar refractivity (Wildman–Crippen MR) is 70.9 cm³/mol. The van der Waals surface area contributed by atoms with Gasteiger partial charge in [-0.05, 0) is 19.1 Å². The zero-order chi connectivity index (χ0) is 13.8. The summed E-state index contributed by atoms with van der Waals surface area (Å²) in [6, 6.07) is 6.47. The van der Waals surface area contributed by atoms with Gasteiger partial charge in [-0.25, -0.2) is 4.83 Å². The first-order valence-electron chi connectivity index (χ1n) is 5.50. The fraction of sp³-hybridized carbons (Fsp3) is 0.417. The fourth-order valence-corrected chi connectivity index (χ4v) is 1.87. The third kappa shape index (κ3) is 4.12. The van der Waals surface area contributed by atoms with Crippen LogP contribution in [-0.4, -0.2) is 26.3 Å². The maximum atomic E-state index is 11.8. The SMILES string of the molecule is Cc1ccc(S(=O)(=O)N/N=C\C(C)(C)CO)cc1. The van der Waals surface area contributed by atoms with Gasteiger partial charge in [0.25, 0.3) is 10.0 Å². The zero-order valence-corrected chi connectivity index (χ0v) is 11.5. The van der Waals surface area contributed by atoms with Crippen molar-refractivity contribution in [3.63, 3.8) is 0 Å². The van der Waals surface area contributed by atoms with Crippen molar-refractivity contribution < 1.29 is 13.5 Å². The predicted octanol–water partition coefficient (Wildman–Crippen LogP) is 1.28. The van der Waals surface area contributed by atoms with Crippen LogP contribution in [-0.2, 0) is 10.0 Å². The molecule has 0 aliphatic heterocycles. The molecule has 1 aromatic rings. The number of hydrazone groups is 1. The third-order valence-electron chi connectivity index (χ3n) is 2.33. The number of aryl methyl sites for hydroxylation is 1. The minimum absolute atomic E-state index is 0.108. The van der Waals surface area contributed by atoms with Crippen molar-refractivity contribution >= 4 is 16.2 Å². The maximum absolute atomic E-state index is 11.8. The summed E-state index contributed by atoms with van der Waals surface area (Å²) in [6.45, 7) is 5.27. The lowest BCUT2D eigenvalue weighted by Crippen LogP contribution is -2.23. The molecule has 0 aliphatic rings. The van der Waals surface area contributed by atoms with Crippen LogP contribution in [0.5, 0.6) is 0 Å². The Hall–Kier alpha value is -1.40. The van der Waals surface area contributed by atoms with Gasteiger partial charge in [-0.15, -0.1) is 0 Å². The third-order valence-corrected chi connectivity index (χ3v) is 3.56. The van der Waals surface area contributed by atoms with Gasteiger partial charge in [-0.3, -0.25) is 0 Å². The van der Waals surface area contributed by atoms with Crippen LogP contribution < -0.4 is 4.83 Å². The average Bonchev–Trinajstić information content (AvgIpc) is 2.29. The number of sulfonamides is 1. The Balaban J connectivity index is 2.81. The highest BCUT2D eigenvalue weighted by molar-refractivity contribution is 7.89. The first kappa shape index (κ1) is 14.7. The standard InChI is InChI=1S/C12H18N2O3S/c1-10-4-6-11(7-5-10)18(16,17)14-13-8-12(2,3)9-15/h4-8,14-15H,9H2,1-3H3/b13-8-. The highest BCUT2D eigenvalue weighted by atomic mass is 32.2. The fourth-order valence-electron chi connectivity index (χ4n) is 1.08. The van der Waals surface area contributed by atoms with Crippen molar-refractivity contribution in [2.75, 3.05) is 6.61 Å². The lowest BCUT2D eigenvalue weighted by molar-refractivity contribution is 0.216. The summed E-state index contributed by atoms with van der Waals surface area (Å²) in [5, 5.41) is 12.7. The van der Waals surface area contributed by atoms with E-state index in [2.05, 4.69) is 9.93 Å². The molecule has 0 unspecified atom stereocenters. The van der Waals surface area contributed by atoms with Gasteiger partial charge in [-0.2, -0.15) is 13.5 Å². The molecule has 0 saturated heterocycles. The summed E-state index contributed by atoms with van der Waals surface area (Å²) in [4.78, 5) is 2.28. The number of aliphatic hydroxyl groups is 1. The minimum Gasteiger partial charge on any atom is -0.395 e. The number of hydrogen-bond acceptors (Lipinski definition) is 4. The van der Waals surface area contributed by atoms with Gasteiger partial charge in [0.15, 0.2) is 0 Å². The summed E-state index contributed by atoms with van der Waals surface area (Å²) in [5.41, 5.74) is 0.425. The van der Waals surface area contributed by atoms with Crippen LogP contribution in [0.15, 0.2) is 34.3 Å². The molecule has 0 atom stereocenters. The van der Waals surface area contributed by atoms with E-state index in [-0.39, 0.29) is 11.5 Å². The van der Waals surface area contributed by atoms with Crippen LogP contribution in [0.3, 0.4) is 0 Å². The Kier molecular flexibility index (Phi) is 4.48. The van der Waals surface area contributed by atoms with Crippen molar-refractivity contribution in [2.24, 2.45) is 10.5 Å². The van der Waals surface area contributed by atoms with Crippen LogP contribution in [0.4, 0.5) is 0 Å². The molecular weight excluding hydrogens is 252 g/mol. The molecule has 6 heteroatoms. The van der Waals surface area contributed by atoms with Crippen LogP contribution >= 0.6 is 0 Å². The Bertz CT molecular complexity index is 519. The van der Waals surface area contributed by atoms with E-state index in [9.17, 15) is 8.42 Å². The molecule has 1 rings (SSSR count). The van der Waals surface area contributed by atoms with E-state index >= 15 is 0 Å². The van der Waals surface area contributed by atoms with Crippen LogP contribution in [0, 0.1) is 12.3 Å². The number of nitrogens with one attached hydrogen (secondary N) is 1. The molecule has 0 saturated carbocycles. The van der Waals surface area contributed by atoms with Crippen LogP contribution in [0.25, 0.3) is 0 Å². The molecule has 0 fully saturated rings. The second-order valence-electron chi connectivity index (χ2n) is 4.81. The molecule has 0 aromatic heterocycles. The topological polar surface area (TPSA) is 78.8 Å². The van der Waals surface area contributed by atoms with Crippen molar-refractivity contribution in [2.45, 2.75) is 25.7 Å². The second-order valence-corrected chi connectivity index (χ2v) is 6.47. The van der Waals surface area contributed by atoms with Gasteiger partial charge in [-0.1, -0.05) is 31.5 Å². The normalized spacial score (nSPS) is 12.9. The van der Waals surface area contributed by atoms with Gasteiger partial charge >= 0.3 is 0 Å². The summed E-state index contributed by atoms with van der Waals surface area (Å²) in [5.74, 6) is 0. The summed E-state index contributed by atoms with van der Waals surface area (Å²) < 4.78 is 23.7. The molecule has 0 amide bonds. The van der Waals surface area contributed by atoms with E-state index < -0.39 is 15.4 Å². The van der Waals surface area contributed by atoms with E-state index in [1.165, 1.54) is 18.3 Å². The molecule has 1 aromatic carbocycles. The highest BCUT2D eigenvalue weighted by Gasteiger charge is 2.15. The van der Waals surface area contributed by atoms with E-state index in [0.717, 1.165) is 5.56 Å². The molecule has 0 spiro atoms. The Labute approximate surface area is 108 Å². The Morgan fingerprint density at radius 2 is 1.89 bits per heavy atom. The monoisotopic (exact) mass is 270 g/mol. The van der Waals surface area contributed by atoms with Crippen LogP contribution in [0.1, 0.15) is 19.4 Å². The largest absolute Gasteiger partial charge is 0.395 e. The number of aliphatic hydroxyl groups excluding tert-OH is 1. The molecule has 0 aliphatic carbocycles. The van der Waals surface area contributed by atoms with Gasteiger partial charge in [0, 0.05) is 11.6 Å². The summed E-state index contributed by atoms with van der Waals surface area (Å²) in [6.07, 6.45) is 1.37. The average molecular weight is 270 g/mol. The minimum atomic E-state index is -3.64. The first-order valence-corrected chi connectivity index (χ1v) is 6.99. The Morgan fingerprint density at radius 1 is 1.33 bits per heavy atom. The van der Waals surface area contributed by atoms with E-state index in [0.29, 0.717) is 0 Å². The Morgan fingerprint density at radius 3 is 2.39 bits per heavy atom. The van der Waals surface area contributed by atoms with Crippen molar-refractivity contribution in [3.8, 4) is 0 Å². The van der Waals surface area contributed by atoms with E-state index in [1.807, 2.05) is 6.92 Å². The van der Waals surface area contributed by atoms with Gasteiger partial charge in [0.1, 0.15) is 0 Å². The summed E-state index contributed by atoms with van der Waals surface area (Å²) >= 11 is 0. The lowest BCUT2D eigenvalue weighted by Gasteiger charge is -2.14. The number of benzene rings is 1. The molecule has 2 N–H and O–H groups in total.